The van der Waals surface area contributed by atoms with Crippen molar-refractivity contribution in [3.05, 3.63) is 40.1 Å². The van der Waals surface area contributed by atoms with Gasteiger partial charge < -0.3 is 11.1 Å². The summed E-state index contributed by atoms with van der Waals surface area (Å²) in [7, 11) is 0. The number of hydrogen-bond acceptors (Lipinski definition) is 3. The van der Waals surface area contributed by atoms with Gasteiger partial charge in [-0.05, 0) is 32.0 Å². The fraction of sp³-hybridized carbons (Fsp3) is 0.231. The van der Waals surface area contributed by atoms with Gasteiger partial charge in [-0.15, -0.1) is 0 Å². The molecular formula is C13H14Cl2N4O. The normalized spacial score (nSPS) is 12.2. The van der Waals surface area contributed by atoms with Crippen molar-refractivity contribution in [3.63, 3.8) is 0 Å². The minimum Gasteiger partial charge on any atom is -0.399 e. The maximum Gasteiger partial charge on any atom is 0.249 e. The number of benzene rings is 1. The zero-order valence-electron chi connectivity index (χ0n) is 11.0. The molecule has 5 nitrogen and oxygen atoms in total. The molecule has 7 heteroatoms. The van der Waals surface area contributed by atoms with E-state index in [-0.39, 0.29) is 5.91 Å². The lowest BCUT2D eigenvalue weighted by atomic mass is 10.2. The second-order valence-corrected chi connectivity index (χ2v) is 5.28. The number of nitrogens with zero attached hydrogens (tertiary/aromatic N) is 2. The van der Waals surface area contributed by atoms with Crippen molar-refractivity contribution >= 4 is 40.5 Å². The number of nitrogens with two attached hydrogens (primary N) is 1. The van der Waals surface area contributed by atoms with Gasteiger partial charge in [0.15, 0.2) is 0 Å². The quantitative estimate of drug-likeness (QED) is 0.854. The third-order valence-electron chi connectivity index (χ3n) is 2.83. The highest BCUT2D eigenvalue weighted by Crippen LogP contribution is 2.33. The van der Waals surface area contributed by atoms with Crippen LogP contribution >= 0.6 is 23.2 Å². The van der Waals surface area contributed by atoms with Gasteiger partial charge in [0.05, 0.1) is 21.4 Å². The smallest absolute Gasteiger partial charge is 0.249 e. The molecule has 0 radical (unpaired) electrons. The average molecular weight is 313 g/mol. The molecule has 20 heavy (non-hydrogen) atoms. The Bertz CT molecular complexity index is 631. The average Bonchev–Trinajstić information content (AvgIpc) is 2.79. The van der Waals surface area contributed by atoms with Crippen LogP contribution in [-0.4, -0.2) is 15.7 Å². The summed E-state index contributed by atoms with van der Waals surface area (Å²) in [4.78, 5) is 12.2. The predicted octanol–water partition coefficient (Wildman–Crippen LogP) is 3.28. The van der Waals surface area contributed by atoms with Gasteiger partial charge in [0, 0.05) is 11.9 Å². The summed E-state index contributed by atoms with van der Waals surface area (Å²) in [5.74, 6) is -0.262. The molecule has 0 aliphatic rings. The Labute approximate surface area is 126 Å². The Balaban J connectivity index is 2.20. The molecule has 0 fully saturated rings. The van der Waals surface area contributed by atoms with Gasteiger partial charge >= 0.3 is 0 Å². The molecule has 3 N–H and O–H groups in total. The molecule has 1 amide bonds. The zero-order valence-corrected chi connectivity index (χ0v) is 12.5. The molecular weight excluding hydrogens is 299 g/mol. The Kier molecular flexibility index (Phi) is 4.20. The lowest BCUT2D eigenvalue weighted by Crippen LogP contribution is -2.24. The standard InChI is InChI=1S/C13H14Cl2N4O/c1-7-3-4-19(18-7)8(2)13(20)17-12-10(14)5-9(16)6-11(12)15/h3-6,8H,16H2,1-2H3,(H,17,20). The van der Waals surface area contributed by atoms with Crippen LogP contribution in [0.4, 0.5) is 11.4 Å². The van der Waals surface area contributed by atoms with Gasteiger partial charge in [-0.3, -0.25) is 9.48 Å². The van der Waals surface area contributed by atoms with Crippen LogP contribution in [0.1, 0.15) is 18.7 Å². The molecule has 1 atom stereocenters. The Morgan fingerprint density at radius 3 is 2.50 bits per heavy atom. The first-order chi connectivity index (χ1) is 9.38. The van der Waals surface area contributed by atoms with Crippen molar-refractivity contribution < 1.29 is 4.79 Å². The first-order valence-corrected chi connectivity index (χ1v) is 6.71. The van der Waals surface area contributed by atoms with E-state index in [2.05, 4.69) is 10.4 Å². The van der Waals surface area contributed by atoms with Crippen molar-refractivity contribution in [1.82, 2.24) is 9.78 Å². The minimum atomic E-state index is -0.478. The molecule has 1 unspecified atom stereocenters. The number of anilines is 2. The highest BCUT2D eigenvalue weighted by atomic mass is 35.5. The Hall–Kier alpha value is -1.72. The van der Waals surface area contributed by atoms with Crippen LogP contribution in [0.15, 0.2) is 24.4 Å². The summed E-state index contributed by atoms with van der Waals surface area (Å²) < 4.78 is 1.57. The number of aryl methyl sites for hydroxylation is 1. The highest BCUT2D eigenvalue weighted by Gasteiger charge is 2.18. The third kappa shape index (κ3) is 3.05. The maximum absolute atomic E-state index is 12.2. The van der Waals surface area contributed by atoms with E-state index in [9.17, 15) is 4.79 Å². The topological polar surface area (TPSA) is 72.9 Å². The first kappa shape index (κ1) is 14.7. The fourth-order valence-corrected chi connectivity index (χ4v) is 2.31. The summed E-state index contributed by atoms with van der Waals surface area (Å²) >= 11 is 12.1. The number of aromatic nitrogens is 2. The van der Waals surface area contributed by atoms with Crippen LogP contribution in [0.5, 0.6) is 0 Å². The fourth-order valence-electron chi connectivity index (χ4n) is 1.71. The van der Waals surface area contributed by atoms with E-state index in [0.29, 0.717) is 21.4 Å². The molecule has 2 aromatic rings. The lowest BCUT2D eigenvalue weighted by Gasteiger charge is -2.15. The largest absolute Gasteiger partial charge is 0.399 e. The second kappa shape index (κ2) is 5.73. The summed E-state index contributed by atoms with van der Waals surface area (Å²) in [6, 6.07) is 4.42. The van der Waals surface area contributed by atoms with E-state index in [1.165, 1.54) is 12.1 Å². The van der Waals surface area contributed by atoms with Gasteiger partial charge in [-0.1, -0.05) is 23.2 Å². The molecule has 1 aromatic carbocycles. The molecule has 0 saturated carbocycles. The molecule has 1 aromatic heterocycles. The van der Waals surface area contributed by atoms with Crippen LogP contribution in [0.2, 0.25) is 10.0 Å². The number of hydrogen-bond donors (Lipinski definition) is 2. The van der Waals surface area contributed by atoms with Crippen molar-refractivity contribution in [1.29, 1.82) is 0 Å². The van der Waals surface area contributed by atoms with Crippen LogP contribution in [0.25, 0.3) is 0 Å². The van der Waals surface area contributed by atoms with E-state index >= 15 is 0 Å². The van der Waals surface area contributed by atoms with Gasteiger partial charge in [-0.2, -0.15) is 5.10 Å². The van der Waals surface area contributed by atoms with Crippen LogP contribution in [-0.2, 0) is 4.79 Å². The lowest BCUT2D eigenvalue weighted by molar-refractivity contribution is -0.119. The Morgan fingerprint density at radius 2 is 2.00 bits per heavy atom. The van der Waals surface area contributed by atoms with Gasteiger partial charge in [-0.25, -0.2) is 0 Å². The summed E-state index contributed by atoms with van der Waals surface area (Å²) in [6.07, 6.45) is 1.74. The monoisotopic (exact) mass is 312 g/mol. The van der Waals surface area contributed by atoms with Crippen LogP contribution < -0.4 is 11.1 Å². The van der Waals surface area contributed by atoms with Crippen LogP contribution in [0, 0.1) is 6.92 Å². The maximum atomic E-state index is 12.2. The number of halogens is 2. The molecule has 0 spiro atoms. The molecule has 106 valence electrons. The number of carbonyl (C=O) groups is 1. The number of carbonyl (C=O) groups excluding carboxylic acids is 1. The Morgan fingerprint density at radius 1 is 1.40 bits per heavy atom. The number of amides is 1. The predicted molar refractivity (Wildman–Crippen MR) is 81.2 cm³/mol. The second-order valence-electron chi connectivity index (χ2n) is 4.46. The molecule has 0 aliphatic carbocycles. The molecule has 0 bridgehead atoms. The summed E-state index contributed by atoms with van der Waals surface area (Å²) in [6.45, 7) is 3.59. The molecule has 1 heterocycles. The van der Waals surface area contributed by atoms with Crippen molar-refractivity contribution in [2.45, 2.75) is 19.9 Å². The number of nitrogens with one attached hydrogen (secondary N) is 1. The number of rotatable bonds is 3. The van der Waals surface area contributed by atoms with E-state index in [1.807, 2.05) is 13.0 Å². The molecule has 0 aliphatic heterocycles. The summed E-state index contributed by atoms with van der Waals surface area (Å²) in [5.41, 5.74) is 7.25. The van der Waals surface area contributed by atoms with E-state index in [4.69, 9.17) is 28.9 Å². The summed E-state index contributed by atoms with van der Waals surface area (Å²) in [5, 5.41) is 7.49. The van der Waals surface area contributed by atoms with Gasteiger partial charge in [0.25, 0.3) is 0 Å². The third-order valence-corrected chi connectivity index (χ3v) is 3.43. The van der Waals surface area contributed by atoms with Gasteiger partial charge in [0.1, 0.15) is 6.04 Å². The first-order valence-electron chi connectivity index (χ1n) is 5.95. The van der Waals surface area contributed by atoms with Crippen LogP contribution in [0.3, 0.4) is 0 Å². The van der Waals surface area contributed by atoms with Crippen molar-refractivity contribution in [3.8, 4) is 0 Å². The molecule has 0 saturated heterocycles. The minimum absolute atomic E-state index is 0.262. The van der Waals surface area contributed by atoms with E-state index < -0.39 is 6.04 Å². The number of nitrogen functional groups attached to an aromatic ring is 1. The zero-order chi connectivity index (χ0) is 14.9. The van der Waals surface area contributed by atoms with Gasteiger partial charge in [0.2, 0.25) is 5.91 Å². The van der Waals surface area contributed by atoms with E-state index in [1.54, 1.807) is 17.8 Å². The SMILES string of the molecule is Cc1ccn(C(C)C(=O)Nc2c(Cl)cc(N)cc2Cl)n1. The van der Waals surface area contributed by atoms with Crippen molar-refractivity contribution in [2.75, 3.05) is 11.1 Å². The molecule has 2 rings (SSSR count). The van der Waals surface area contributed by atoms with E-state index in [0.717, 1.165) is 5.69 Å². The van der Waals surface area contributed by atoms with Crippen molar-refractivity contribution in [2.24, 2.45) is 0 Å². The highest BCUT2D eigenvalue weighted by molar-refractivity contribution is 6.40.